The van der Waals surface area contributed by atoms with Crippen molar-refractivity contribution in [1.82, 2.24) is 9.55 Å². The van der Waals surface area contributed by atoms with Gasteiger partial charge in [0, 0.05) is 12.3 Å². The number of hydrogen-bond acceptors (Lipinski definition) is 4. The first-order valence-corrected chi connectivity index (χ1v) is 7.00. The largest absolute Gasteiger partial charge is 0.441 e. The molecule has 9 heteroatoms. The number of alkyl halides is 3. The van der Waals surface area contributed by atoms with Crippen LogP contribution in [0.5, 0.6) is 0 Å². The molecular formula is C12H13F3N4OS. The minimum Gasteiger partial charge on any atom is -0.409 e. The number of aryl methyl sites for hydroxylation is 1. The number of halogens is 3. The van der Waals surface area contributed by atoms with Crippen molar-refractivity contribution in [2.45, 2.75) is 18.5 Å². The lowest BCUT2D eigenvalue weighted by atomic mass is 10.3. The van der Waals surface area contributed by atoms with E-state index in [1.807, 2.05) is 0 Å². The molecule has 1 heterocycles. The summed E-state index contributed by atoms with van der Waals surface area (Å²) in [5.41, 5.74) is 2.58. The summed E-state index contributed by atoms with van der Waals surface area (Å²) in [5.74, 6) is 0.289. The number of fused-ring (bicyclic) bond motifs is 1. The highest BCUT2D eigenvalue weighted by Gasteiger charge is 2.27. The normalized spacial score (nSPS) is 13.0. The van der Waals surface area contributed by atoms with Crippen LogP contribution in [-0.2, 0) is 13.0 Å². The summed E-state index contributed by atoms with van der Waals surface area (Å²) in [7, 11) is 0. The number of benzene rings is 1. The molecule has 5 nitrogen and oxygen atoms in total. The molecule has 0 amide bonds. The molecule has 0 bridgehead atoms. The van der Waals surface area contributed by atoms with E-state index in [0.717, 1.165) is 5.52 Å². The van der Waals surface area contributed by atoms with Crippen molar-refractivity contribution in [3.8, 4) is 0 Å². The maximum atomic E-state index is 12.2. The van der Waals surface area contributed by atoms with Crippen LogP contribution in [-0.4, -0.2) is 31.9 Å². The molecular weight excluding hydrogens is 305 g/mol. The number of aromatic nitrogens is 2. The lowest BCUT2D eigenvalue weighted by Gasteiger charge is -2.10. The van der Waals surface area contributed by atoms with Crippen molar-refractivity contribution in [2.24, 2.45) is 10.9 Å². The van der Waals surface area contributed by atoms with E-state index in [1.165, 1.54) is 0 Å². The van der Waals surface area contributed by atoms with E-state index in [0.29, 0.717) is 11.3 Å². The van der Waals surface area contributed by atoms with Gasteiger partial charge in [-0.1, -0.05) is 17.3 Å². The molecule has 1 aromatic carbocycles. The van der Waals surface area contributed by atoms with Crippen LogP contribution in [0.2, 0.25) is 0 Å². The average molecular weight is 318 g/mol. The van der Waals surface area contributed by atoms with Gasteiger partial charge in [-0.25, -0.2) is 4.98 Å². The molecule has 0 radical (unpaired) electrons. The van der Waals surface area contributed by atoms with E-state index in [2.05, 4.69) is 10.1 Å². The number of hydrogen-bond donors (Lipinski definition) is 2. The number of rotatable bonds is 5. The van der Waals surface area contributed by atoms with Crippen LogP contribution < -0.4 is 5.73 Å². The van der Waals surface area contributed by atoms with Gasteiger partial charge in [0.2, 0.25) is 0 Å². The monoisotopic (exact) mass is 318 g/mol. The lowest BCUT2D eigenvalue weighted by Crippen LogP contribution is -2.19. The number of oxime groups is 1. The number of amidine groups is 1. The Morgan fingerprint density at radius 2 is 2.10 bits per heavy atom. The van der Waals surface area contributed by atoms with E-state index >= 15 is 0 Å². The Labute approximate surface area is 122 Å². The third-order valence-corrected chi connectivity index (χ3v) is 3.50. The van der Waals surface area contributed by atoms with E-state index in [1.54, 1.807) is 28.8 Å². The van der Waals surface area contributed by atoms with Crippen molar-refractivity contribution in [2.75, 3.05) is 5.75 Å². The van der Waals surface area contributed by atoms with E-state index < -0.39 is 5.51 Å². The Bertz CT molecular complexity index is 653. The van der Waals surface area contributed by atoms with Crippen LogP contribution >= 0.6 is 11.8 Å². The number of thioether (sulfide) groups is 1. The van der Waals surface area contributed by atoms with Crippen molar-refractivity contribution in [3.63, 3.8) is 0 Å². The van der Waals surface area contributed by atoms with E-state index in [-0.39, 0.29) is 36.3 Å². The standard InChI is InChI=1S/C12H13F3N4OS/c13-12(14,15)21-6-5-19-9-4-2-1-3-8(9)17-11(19)7-10(16)18-20/h1-4,20H,5-7H2,(H2,16,18). The summed E-state index contributed by atoms with van der Waals surface area (Å²) in [6.45, 7) is 0.138. The van der Waals surface area contributed by atoms with Gasteiger partial charge in [0.25, 0.3) is 0 Å². The molecule has 0 atom stereocenters. The molecule has 0 fully saturated rings. The van der Waals surface area contributed by atoms with E-state index in [4.69, 9.17) is 10.9 Å². The van der Waals surface area contributed by atoms with Crippen LogP contribution in [0.3, 0.4) is 0 Å². The summed E-state index contributed by atoms with van der Waals surface area (Å²) in [6, 6.07) is 7.11. The third-order valence-electron chi connectivity index (χ3n) is 2.78. The zero-order valence-electron chi connectivity index (χ0n) is 10.8. The second-order valence-corrected chi connectivity index (χ2v) is 5.39. The average Bonchev–Trinajstić information content (AvgIpc) is 2.75. The molecule has 0 spiro atoms. The van der Waals surface area contributed by atoms with Crippen LogP contribution in [0.25, 0.3) is 11.0 Å². The molecule has 2 rings (SSSR count). The lowest BCUT2D eigenvalue weighted by molar-refractivity contribution is -0.0328. The SMILES string of the molecule is N/C(Cc1nc2ccccc2n1CCSC(F)(F)F)=N/O. The summed E-state index contributed by atoms with van der Waals surface area (Å²) in [4.78, 5) is 4.32. The Balaban J connectivity index is 2.27. The predicted octanol–water partition coefficient (Wildman–Crippen LogP) is 2.58. The second-order valence-electron chi connectivity index (χ2n) is 4.23. The molecule has 0 saturated heterocycles. The maximum absolute atomic E-state index is 12.2. The van der Waals surface area contributed by atoms with Crippen LogP contribution in [0.4, 0.5) is 13.2 Å². The van der Waals surface area contributed by atoms with Gasteiger partial charge in [-0.3, -0.25) is 0 Å². The molecule has 2 aromatic rings. The first-order chi connectivity index (χ1) is 9.90. The number of imidazole rings is 1. The molecule has 1 aromatic heterocycles. The first-order valence-electron chi connectivity index (χ1n) is 6.02. The van der Waals surface area contributed by atoms with E-state index in [9.17, 15) is 13.2 Å². The smallest absolute Gasteiger partial charge is 0.409 e. The highest BCUT2D eigenvalue weighted by molar-refractivity contribution is 8.00. The summed E-state index contributed by atoms with van der Waals surface area (Å²) in [5, 5.41) is 11.5. The minimum absolute atomic E-state index is 0.0463. The fourth-order valence-electron chi connectivity index (χ4n) is 1.96. The molecule has 0 aliphatic rings. The maximum Gasteiger partial charge on any atom is 0.441 e. The first kappa shape index (κ1) is 15.5. The van der Waals surface area contributed by atoms with Gasteiger partial charge in [-0.05, 0) is 23.9 Å². The minimum atomic E-state index is -4.26. The van der Waals surface area contributed by atoms with Crippen molar-refractivity contribution < 1.29 is 18.4 Å². The molecule has 0 aliphatic carbocycles. The molecule has 0 unspecified atom stereocenters. The zero-order valence-corrected chi connectivity index (χ0v) is 11.7. The van der Waals surface area contributed by atoms with Crippen LogP contribution in [0.1, 0.15) is 5.82 Å². The molecule has 3 N–H and O–H groups in total. The van der Waals surface area contributed by atoms with Crippen molar-refractivity contribution in [1.29, 1.82) is 0 Å². The number of para-hydroxylation sites is 2. The second kappa shape index (κ2) is 6.25. The molecule has 21 heavy (non-hydrogen) atoms. The predicted molar refractivity (Wildman–Crippen MR) is 75.4 cm³/mol. The summed E-state index contributed by atoms with van der Waals surface area (Å²) < 4.78 is 38.3. The summed E-state index contributed by atoms with van der Waals surface area (Å²) >= 11 is -0.0858. The van der Waals surface area contributed by atoms with Gasteiger partial charge in [0.1, 0.15) is 11.7 Å². The highest BCUT2D eigenvalue weighted by atomic mass is 32.2. The Morgan fingerprint density at radius 1 is 1.38 bits per heavy atom. The van der Waals surface area contributed by atoms with Crippen molar-refractivity contribution >= 4 is 28.6 Å². The fourth-order valence-corrected chi connectivity index (χ4v) is 2.47. The van der Waals surface area contributed by atoms with Gasteiger partial charge in [0.05, 0.1) is 17.5 Å². The van der Waals surface area contributed by atoms with Gasteiger partial charge in [0.15, 0.2) is 0 Å². The van der Waals surface area contributed by atoms with Crippen molar-refractivity contribution in [3.05, 3.63) is 30.1 Å². The Morgan fingerprint density at radius 3 is 2.76 bits per heavy atom. The topological polar surface area (TPSA) is 76.4 Å². The van der Waals surface area contributed by atoms with Gasteiger partial charge in [-0.15, -0.1) is 0 Å². The van der Waals surface area contributed by atoms with Gasteiger partial charge >= 0.3 is 5.51 Å². The third kappa shape index (κ3) is 4.03. The Hall–Kier alpha value is -1.90. The zero-order chi connectivity index (χ0) is 15.5. The molecule has 0 aliphatic heterocycles. The van der Waals surface area contributed by atoms with Gasteiger partial charge < -0.3 is 15.5 Å². The molecule has 114 valence electrons. The van der Waals surface area contributed by atoms with Crippen LogP contribution in [0.15, 0.2) is 29.4 Å². The number of nitrogens with zero attached hydrogens (tertiary/aromatic N) is 3. The summed E-state index contributed by atoms with van der Waals surface area (Å²) in [6.07, 6.45) is 0.0713. The Kier molecular flexibility index (Phi) is 4.61. The molecule has 0 saturated carbocycles. The van der Waals surface area contributed by atoms with Crippen LogP contribution in [0, 0.1) is 0 Å². The quantitative estimate of drug-likeness (QED) is 0.384. The highest BCUT2D eigenvalue weighted by Crippen LogP contribution is 2.30. The van der Waals surface area contributed by atoms with Gasteiger partial charge in [-0.2, -0.15) is 13.2 Å². The number of nitrogens with two attached hydrogens (primary N) is 1. The fraction of sp³-hybridized carbons (Fsp3) is 0.333.